The fraction of sp³-hybridized carbons (Fsp3) is 0.476. The Morgan fingerprint density at radius 2 is 2.10 bits per heavy atom. The van der Waals surface area contributed by atoms with E-state index in [0.29, 0.717) is 30.6 Å². The molecule has 0 spiro atoms. The van der Waals surface area contributed by atoms with Gasteiger partial charge in [-0.05, 0) is 57.2 Å². The smallest absolute Gasteiger partial charge is 0.263 e. The topological polar surface area (TPSA) is 68.3 Å². The highest BCUT2D eigenvalue weighted by Crippen LogP contribution is 2.34. The Labute approximate surface area is 177 Å². The van der Waals surface area contributed by atoms with Crippen LogP contribution in [0.4, 0.5) is 0 Å². The van der Waals surface area contributed by atoms with Crippen LogP contribution in [0.2, 0.25) is 0 Å². The summed E-state index contributed by atoms with van der Waals surface area (Å²) in [5, 5.41) is 1.34. The number of carbonyl (C=O) groups is 1. The van der Waals surface area contributed by atoms with E-state index in [4.69, 9.17) is 9.40 Å². The highest BCUT2D eigenvalue weighted by atomic mass is 32.2. The second-order valence-electron chi connectivity index (χ2n) is 7.11. The number of carbonyl (C=O) groups excluding carboxylic acids is 1. The standard InChI is InChI=1S/C21H25N3O3S2/c1-3-23(4-2)17(25)13-28-21-22-19-18(15-9-5-6-10-16(15)29-19)20(26)24(21)12-14-8-7-11-27-14/h7-8,11H,3-6,9-10,12-13H2,1-2H3. The summed E-state index contributed by atoms with van der Waals surface area (Å²) in [5.41, 5.74) is 1.15. The minimum Gasteiger partial charge on any atom is -0.467 e. The van der Waals surface area contributed by atoms with E-state index in [0.717, 1.165) is 29.5 Å². The fourth-order valence-corrected chi connectivity index (χ4v) is 6.03. The minimum atomic E-state index is -0.0245. The lowest BCUT2D eigenvalue weighted by Gasteiger charge is -2.18. The van der Waals surface area contributed by atoms with Crippen molar-refractivity contribution in [1.82, 2.24) is 14.5 Å². The number of furan rings is 1. The van der Waals surface area contributed by atoms with Crippen LogP contribution in [0.3, 0.4) is 0 Å². The lowest BCUT2D eigenvalue weighted by Crippen LogP contribution is -2.32. The van der Waals surface area contributed by atoms with Gasteiger partial charge in [-0.25, -0.2) is 4.98 Å². The zero-order valence-corrected chi connectivity index (χ0v) is 18.4. The fourth-order valence-electron chi connectivity index (χ4n) is 3.82. The summed E-state index contributed by atoms with van der Waals surface area (Å²) in [4.78, 5) is 34.7. The quantitative estimate of drug-likeness (QED) is 0.419. The zero-order valence-electron chi connectivity index (χ0n) is 16.8. The van der Waals surface area contributed by atoms with Crippen LogP contribution >= 0.6 is 23.1 Å². The molecular weight excluding hydrogens is 406 g/mol. The van der Waals surface area contributed by atoms with E-state index in [1.54, 1.807) is 27.1 Å². The number of nitrogens with zero attached hydrogens (tertiary/aromatic N) is 3. The molecule has 3 aromatic heterocycles. The molecule has 1 aliphatic rings. The number of fused-ring (bicyclic) bond motifs is 3. The molecule has 29 heavy (non-hydrogen) atoms. The number of thioether (sulfide) groups is 1. The normalized spacial score (nSPS) is 13.6. The van der Waals surface area contributed by atoms with Crippen LogP contribution < -0.4 is 5.56 Å². The number of thiophene rings is 1. The van der Waals surface area contributed by atoms with E-state index >= 15 is 0 Å². The first-order valence-corrected chi connectivity index (χ1v) is 11.9. The van der Waals surface area contributed by atoms with Crippen molar-refractivity contribution in [3.63, 3.8) is 0 Å². The predicted molar refractivity (Wildman–Crippen MR) is 117 cm³/mol. The van der Waals surface area contributed by atoms with Crippen molar-refractivity contribution in [2.24, 2.45) is 0 Å². The largest absolute Gasteiger partial charge is 0.467 e. The van der Waals surface area contributed by atoms with Gasteiger partial charge in [0.15, 0.2) is 5.16 Å². The van der Waals surface area contributed by atoms with E-state index in [9.17, 15) is 9.59 Å². The first-order valence-electron chi connectivity index (χ1n) is 10.1. The lowest BCUT2D eigenvalue weighted by atomic mass is 9.97. The molecule has 6 nitrogen and oxygen atoms in total. The molecule has 0 atom stereocenters. The minimum absolute atomic E-state index is 0.0245. The van der Waals surface area contributed by atoms with Gasteiger partial charge < -0.3 is 9.32 Å². The molecule has 0 aliphatic heterocycles. The summed E-state index contributed by atoms with van der Waals surface area (Å²) in [6.45, 7) is 5.62. The molecular formula is C21H25N3O3S2. The van der Waals surface area contributed by atoms with Gasteiger partial charge in [-0.2, -0.15) is 0 Å². The van der Waals surface area contributed by atoms with Crippen LogP contribution in [-0.4, -0.2) is 39.2 Å². The number of rotatable bonds is 7. The molecule has 0 saturated heterocycles. The Kier molecular flexibility index (Phi) is 6.10. The summed E-state index contributed by atoms with van der Waals surface area (Å²) >= 11 is 2.97. The van der Waals surface area contributed by atoms with Gasteiger partial charge in [0, 0.05) is 18.0 Å². The monoisotopic (exact) mass is 431 g/mol. The third kappa shape index (κ3) is 4.00. The van der Waals surface area contributed by atoms with E-state index in [-0.39, 0.29) is 17.2 Å². The van der Waals surface area contributed by atoms with Gasteiger partial charge >= 0.3 is 0 Å². The second kappa shape index (κ2) is 8.75. The van der Waals surface area contributed by atoms with Crippen molar-refractivity contribution >= 4 is 39.2 Å². The molecule has 4 rings (SSSR count). The maximum atomic E-state index is 13.5. The molecule has 8 heteroatoms. The van der Waals surface area contributed by atoms with Gasteiger partial charge in [0.25, 0.3) is 5.56 Å². The van der Waals surface area contributed by atoms with Gasteiger partial charge in [-0.1, -0.05) is 11.8 Å². The van der Waals surface area contributed by atoms with Crippen molar-refractivity contribution < 1.29 is 9.21 Å². The van der Waals surface area contributed by atoms with Crippen LogP contribution in [0.1, 0.15) is 42.9 Å². The molecule has 154 valence electrons. The molecule has 0 radical (unpaired) electrons. The molecule has 0 bridgehead atoms. The van der Waals surface area contributed by atoms with Crippen LogP contribution in [0.15, 0.2) is 32.8 Å². The van der Waals surface area contributed by atoms with Crippen molar-refractivity contribution in [1.29, 1.82) is 0 Å². The highest BCUT2D eigenvalue weighted by molar-refractivity contribution is 7.99. The first kappa shape index (κ1) is 20.2. The molecule has 0 unspecified atom stereocenters. The molecule has 1 amide bonds. The van der Waals surface area contributed by atoms with Crippen molar-refractivity contribution in [3.05, 3.63) is 45.0 Å². The maximum Gasteiger partial charge on any atom is 0.263 e. The third-order valence-corrected chi connectivity index (χ3v) is 7.52. The van der Waals surface area contributed by atoms with E-state index < -0.39 is 0 Å². The Morgan fingerprint density at radius 3 is 2.83 bits per heavy atom. The van der Waals surface area contributed by atoms with Gasteiger partial charge in [-0.3, -0.25) is 14.2 Å². The highest BCUT2D eigenvalue weighted by Gasteiger charge is 2.23. The van der Waals surface area contributed by atoms with E-state index in [1.165, 1.54) is 28.6 Å². The number of hydrogen-bond donors (Lipinski definition) is 0. The van der Waals surface area contributed by atoms with Crippen LogP contribution in [0.25, 0.3) is 10.2 Å². The maximum absolute atomic E-state index is 13.5. The molecule has 0 aromatic carbocycles. The Bertz CT molecular complexity index is 1070. The summed E-state index contributed by atoms with van der Waals surface area (Å²) in [7, 11) is 0. The summed E-state index contributed by atoms with van der Waals surface area (Å²) in [6, 6.07) is 3.67. The molecule has 0 saturated carbocycles. The lowest BCUT2D eigenvalue weighted by molar-refractivity contribution is -0.127. The SMILES string of the molecule is CCN(CC)C(=O)CSc1nc2sc3c(c2c(=O)n1Cc1ccco1)CCCC3. The first-order chi connectivity index (χ1) is 14.1. The number of aryl methyl sites for hydroxylation is 2. The second-order valence-corrected chi connectivity index (χ2v) is 9.14. The Morgan fingerprint density at radius 1 is 1.31 bits per heavy atom. The Hall–Kier alpha value is -2.06. The number of amides is 1. The van der Waals surface area contributed by atoms with Gasteiger partial charge in [-0.15, -0.1) is 11.3 Å². The van der Waals surface area contributed by atoms with Crippen molar-refractivity contribution in [2.45, 2.75) is 51.2 Å². The Balaban J connectivity index is 1.75. The van der Waals surface area contributed by atoms with Crippen LogP contribution in [0.5, 0.6) is 0 Å². The van der Waals surface area contributed by atoms with Crippen LogP contribution in [0, 0.1) is 0 Å². The van der Waals surface area contributed by atoms with Gasteiger partial charge in [0.1, 0.15) is 10.6 Å². The molecule has 3 aromatic rings. The van der Waals surface area contributed by atoms with E-state index in [1.807, 2.05) is 26.0 Å². The van der Waals surface area contributed by atoms with Crippen molar-refractivity contribution in [2.75, 3.05) is 18.8 Å². The number of hydrogen-bond acceptors (Lipinski definition) is 6. The summed E-state index contributed by atoms with van der Waals surface area (Å²) in [5.74, 6) is 1.03. The average molecular weight is 432 g/mol. The van der Waals surface area contributed by atoms with Gasteiger partial charge in [0.2, 0.25) is 5.91 Å². The summed E-state index contributed by atoms with van der Waals surface area (Å²) < 4.78 is 7.15. The zero-order chi connectivity index (χ0) is 20.4. The summed E-state index contributed by atoms with van der Waals surface area (Å²) in [6.07, 6.45) is 5.86. The predicted octanol–water partition coefficient (Wildman–Crippen LogP) is 3.94. The van der Waals surface area contributed by atoms with Crippen LogP contribution in [-0.2, 0) is 24.2 Å². The number of aromatic nitrogens is 2. The molecule has 1 aliphatic carbocycles. The molecule has 0 fully saturated rings. The molecule has 0 N–H and O–H groups in total. The van der Waals surface area contributed by atoms with E-state index in [2.05, 4.69) is 0 Å². The molecule has 3 heterocycles. The van der Waals surface area contributed by atoms with Gasteiger partial charge in [0.05, 0.1) is 23.9 Å². The average Bonchev–Trinajstić information content (AvgIpc) is 3.37. The third-order valence-electron chi connectivity index (χ3n) is 5.37. The van der Waals surface area contributed by atoms with Crippen molar-refractivity contribution in [3.8, 4) is 0 Å².